The minimum atomic E-state index is -4.34. The van der Waals surface area contributed by atoms with Gasteiger partial charge in [0.25, 0.3) is 0 Å². The average molecular weight is 471 g/mol. The summed E-state index contributed by atoms with van der Waals surface area (Å²) >= 11 is 0. The van der Waals surface area contributed by atoms with E-state index in [4.69, 9.17) is 4.55 Å². The lowest BCUT2D eigenvalue weighted by atomic mass is 9.41. The summed E-state index contributed by atoms with van der Waals surface area (Å²) in [4.78, 5) is 0. The molecule has 5 nitrogen and oxygen atoms in total. The zero-order valence-corrected chi connectivity index (χ0v) is 21.4. The second-order valence-electron chi connectivity index (χ2n) is 12.3. The zero-order valence-electron chi connectivity index (χ0n) is 20.6. The van der Waals surface area contributed by atoms with Crippen molar-refractivity contribution in [2.75, 3.05) is 6.61 Å². The molecule has 0 saturated heterocycles. The van der Waals surface area contributed by atoms with Gasteiger partial charge in [-0.25, -0.2) is 4.18 Å². The van der Waals surface area contributed by atoms with Crippen molar-refractivity contribution in [2.45, 2.75) is 104 Å². The highest BCUT2D eigenvalue weighted by Gasteiger charge is 2.64. The van der Waals surface area contributed by atoms with Crippen LogP contribution in [-0.4, -0.2) is 30.8 Å². The van der Waals surface area contributed by atoms with E-state index in [1.165, 1.54) is 51.4 Å². The molecule has 0 aromatic rings. The highest BCUT2D eigenvalue weighted by molar-refractivity contribution is 7.80. The quantitative estimate of drug-likeness (QED) is 0.359. The molecular weight excluding hydrogens is 424 g/mol. The van der Waals surface area contributed by atoms with Gasteiger partial charge in [-0.2, -0.15) is 8.42 Å². The van der Waals surface area contributed by atoms with Gasteiger partial charge in [0.15, 0.2) is 0 Å². The molecule has 10 atom stereocenters. The van der Waals surface area contributed by atoms with Gasteiger partial charge >= 0.3 is 10.4 Å². The van der Waals surface area contributed by atoms with Gasteiger partial charge in [0.2, 0.25) is 0 Å². The Morgan fingerprint density at radius 1 is 1.00 bits per heavy atom. The Bertz CT molecular complexity index is 768. The van der Waals surface area contributed by atoms with Gasteiger partial charge in [-0.1, -0.05) is 47.0 Å². The molecule has 4 aliphatic rings. The highest BCUT2D eigenvalue weighted by Crippen LogP contribution is 2.69. The van der Waals surface area contributed by atoms with E-state index in [0.717, 1.165) is 12.8 Å². The van der Waals surface area contributed by atoms with Crippen LogP contribution >= 0.6 is 0 Å². The minimum Gasteiger partial charge on any atom is -0.393 e. The number of aliphatic hydroxyl groups is 1. The number of rotatable bonds is 7. The van der Waals surface area contributed by atoms with Gasteiger partial charge in [0, 0.05) is 0 Å². The van der Waals surface area contributed by atoms with Crippen LogP contribution in [-0.2, 0) is 14.6 Å². The Balaban J connectivity index is 1.50. The molecule has 0 radical (unpaired) electrons. The summed E-state index contributed by atoms with van der Waals surface area (Å²) in [6.45, 7) is 9.73. The third kappa shape index (κ3) is 4.20. The van der Waals surface area contributed by atoms with Crippen LogP contribution < -0.4 is 0 Å². The fraction of sp³-hybridized carbons (Fsp3) is 1.00. The maximum Gasteiger partial charge on any atom is 0.397 e. The van der Waals surface area contributed by atoms with Crippen LogP contribution in [0, 0.1) is 52.3 Å². The van der Waals surface area contributed by atoms with Gasteiger partial charge < -0.3 is 5.11 Å². The number of hydrogen-bond donors (Lipinski definition) is 2. The lowest BCUT2D eigenvalue weighted by Crippen LogP contribution is -2.61. The normalized spacial score (nSPS) is 47.4. The van der Waals surface area contributed by atoms with Crippen molar-refractivity contribution >= 4 is 10.4 Å². The molecule has 2 N–H and O–H groups in total. The number of aliphatic hydroxyl groups excluding tert-OH is 1. The molecule has 0 aromatic heterocycles. The van der Waals surface area contributed by atoms with Gasteiger partial charge in [-0.3, -0.25) is 4.55 Å². The summed E-state index contributed by atoms with van der Waals surface area (Å²) < 4.78 is 35.0. The lowest BCUT2D eigenvalue weighted by molar-refractivity contribution is -0.194. The molecule has 0 spiro atoms. The number of hydrogen-bond acceptors (Lipinski definition) is 4. The summed E-state index contributed by atoms with van der Waals surface area (Å²) in [7, 11) is -4.34. The van der Waals surface area contributed by atoms with Crippen LogP contribution in [0.15, 0.2) is 0 Å². The highest BCUT2D eigenvalue weighted by atomic mass is 32.3. The average Bonchev–Trinajstić information content (AvgIpc) is 3.08. The fourth-order valence-corrected chi connectivity index (χ4v) is 10.1. The predicted molar refractivity (Wildman–Crippen MR) is 126 cm³/mol. The molecule has 6 heteroatoms. The first-order chi connectivity index (χ1) is 15.0. The summed E-state index contributed by atoms with van der Waals surface area (Å²) in [6.07, 6.45) is 12.8. The van der Waals surface area contributed by atoms with Crippen LogP contribution in [0.3, 0.4) is 0 Å². The summed E-state index contributed by atoms with van der Waals surface area (Å²) in [6, 6.07) is 0. The molecule has 0 aliphatic heterocycles. The lowest BCUT2D eigenvalue weighted by Gasteiger charge is -2.64. The van der Waals surface area contributed by atoms with Crippen molar-refractivity contribution in [3.05, 3.63) is 0 Å². The Hall–Kier alpha value is -0.170. The van der Waals surface area contributed by atoms with E-state index in [2.05, 4.69) is 31.9 Å². The smallest absolute Gasteiger partial charge is 0.393 e. The van der Waals surface area contributed by atoms with Crippen LogP contribution in [0.1, 0.15) is 98.3 Å². The molecule has 186 valence electrons. The van der Waals surface area contributed by atoms with Crippen molar-refractivity contribution in [3.63, 3.8) is 0 Å². The molecule has 4 saturated carbocycles. The second-order valence-corrected chi connectivity index (χ2v) is 13.4. The summed E-state index contributed by atoms with van der Waals surface area (Å²) in [5.74, 6) is 3.97. The van der Waals surface area contributed by atoms with E-state index in [1.54, 1.807) is 0 Å². The van der Waals surface area contributed by atoms with Crippen molar-refractivity contribution in [3.8, 4) is 0 Å². The van der Waals surface area contributed by atoms with Crippen molar-refractivity contribution in [1.29, 1.82) is 0 Å². The number of fused-ring (bicyclic) bond motifs is 5. The van der Waals surface area contributed by atoms with Gasteiger partial charge in [0.05, 0.1) is 12.7 Å². The summed E-state index contributed by atoms with van der Waals surface area (Å²) in [5, 5.41) is 11.8. The molecule has 32 heavy (non-hydrogen) atoms. The van der Waals surface area contributed by atoms with E-state index in [-0.39, 0.29) is 18.1 Å². The maximum atomic E-state index is 11.8. The monoisotopic (exact) mass is 470 g/mol. The SMILES string of the molecule is CC[C@H]1[C@@H](O)C2C3CC[C@H]([C@H](C)CCCOS(=O)(=O)O)C3(C)CCC2[C@@]2(C)CCCC[C@@H]12. The second kappa shape index (κ2) is 9.13. The molecule has 4 rings (SSSR count). The van der Waals surface area contributed by atoms with Crippen LogP contribution in [0.2, 0.25) is 0 Å². The summed E-state index contributed by atoms with van der Waals surface area (Å²) in [5.41, 5.74) is 0.669. The first-order valence-electron chi connectivity index (χ1n) is 13.3. The standard InChI is InChI=1S/C26H46O5S/c1-5-18-20-10-6-7-14-25(20,3)22-13-15-26(4)19(11-12-21(26)23(22)24(18)27)17(2)9-8-16-31-32(28,29)30/h17-24,27H,5-16H2,1-4H3,(H,28,29,30)/t17-,18-,19-,20+,21?,22?,23?,24-,25+,26?/m1/s1. The zero-order chi connectivity index (χ0) is 23.3. The molecule has 0 bridgehead atoms. The molecule has 4 unspecified atom stereocenters. The van der Waals surface area contributed by atoms with E-state index in [9.17, 15) is 13.5 Å². The Morgan fingerprint density at radius 2 is 1.72 bits per heavy atom. The van der Waals surface area contributed by atoms with Gasteiger partial charge in [-0.15, -0.1) is 0 Å². The molecule has 4 fully saturated rings. The first-order valence-corrected chi connectivity index (χ1v) is 14.7. The van der Waals surface area contributed by atoms with Crippen molar-refractivity contribution in [2.24, 2.45) is 52.3 Å². The third-order valence-electron chi connectivity index (χ3n) is 11.1. The fourth-order valence-electron chi connectivity index (χ4n) is 9.78. The molecule has 0 amide bonds. The third-order valence-corrected chi connectivity index (χ3v) is 11.6. The van der Waals surface area contributed by atoms with Gasteiger partial charge in [-0.05, 0) is 104 Å². The van der Waals surface area contributed by atoms with Crippen LogP contribution in [0.25, 0.3) is 0 Å². The van der Waals surface area contributed by atoms with Crippen molar-refractivity contribution in [1.82, 2.24) is 0 Å². The molecule has 0 heterocycles. The minimum absolute atomic E-state index is 0.0529. The Labute approximate surface area is 196 Å². The predicted octanol–water partition coefficient (Wildman–Crippen LogP) is 5.88. The van der Waals surface area contributed by atoms with Crippen LogP contribution in [0.4, 0.5) is 0 Å². The molecule has 0 aromatic carbocycles. The van der Waals surface area contributed by atoms with E-state index >= 15 is 0 Å². The maximum absolute atomic E-state index is 11.8. The van der Waals surface area contributed by atoms with E-state index < -0.39 is 10.4 Å². The Kier molecular flexibility index (Phi) is 7.11. The molecule has 4 aliphatic carbocycles. The Morgan fingerprint density at radius 3 is 2.41 bits per heavy atom. The van der Waals surface area contributed by atoms with E-state index in [0.29, 0.717) is 53.3 Å². The largest absolute Gasteiger partial charge is 0.397 e. The molecular formula is C26H46O5S. The topological polar surface area (TPSA) is 83.8 Å². The van der Waals surface area contributed by atoms with Crippen LogP contribution in [0.5, 0.6) is 0 Å². The van der Waals surface area contributed by atoms with Crippen molar-refractivity contribution < 1.29 is 22.3 Å². The van der Waals surface area contributed by atoms with E-state index in [1.807, 2.05) is 0 Å². The van der Waals surface area contributed by atoms with Gasteiger partial charge in [0.1, 0.15) is 0 Å². The first kappa shape index (κ1) is 24.9.